The Bertz CT molecular complexity index is 239. The number of pyridine rings is 1. The van der Waals surface area contributed by atoms with Gasteiger partial charge in [-0.1, -0.05) is 0 Å². The summed E-state index contributed by atoms with van der Waals surface area (Å²) in [5.74, 6) is 0.280. The standard InChI is InChI=1S/C6H6FIN2/c7-2-4-1-5(8)3-10-6(4)9/h1,3H,2H2,(H2,9,10). The highest BCUT2D eigenvalue weighted by atomic mass is 127. The summed E-state index contributed by atoms with van der Waals surface area (Å²) in [6.07, 6.45) is 1.61. The predicted molar refractivity (Wildman–Crippen MR) is 46.2 cm³/mol. The summed E-state index contributed by atoms with van der Waals surface area (Å²) >= 11 is 2.06. The predicted octanol–water partition coefficient (Wildman–Crippen LogP) is 1.74. The second kappa shape index (κ2) is 3.14. The van der Waals surface area contributed by atoms with Crippen LogP contribution >= 0.6 is 22.6 Å². The van der Waals surface area contributed by atoms with E-state index in [2.05, 4.69) is 27.6 Å². The summed E-state index contributed by atoms with van der Waals surface area (Å²) in [4.78, 5) is 3.78. The highest BCUT2D eigenvalue weighted by molar-refractivity contribution is 14.1. The Hall–Kier alpha value is -0.390. The lowest BCUT2D eigenvalue weighted by molar-refractivity contribution is 0.485. The summed E-state index contributed by atoms with van der Waals surface area (Å²) in [7, 11) is 0. The van der Waals surface area contributed by atoms with Crippen molar-refractivity contribution in [1.82, 2.24) is 4.98 Å². The number of halogens is 2. The fourth-order valence-corrected chi connectivity index (χ4v) is 1.11. The van der Waals surface area contributed by atoms with Crippen LogP contribution in [0.5, 0.6) is 0 Å². The minimum atomic E-state index is -0.546. The number of rotatable bonds is 1. The monoisotopic (exact) mass is 252 g/mol. The Morgan fingerprint density at radius 1 is 1.70 bits per heavy atom. The van der Waals surface area contributed by atoms with Crippen molar-refractivity contribution in [2.24, 2.45) is 0 Å². The number of nitrogens with two attached hydrogens (primary N) is 1. The summed E-state index contributed by atoms with van der Waals surface area (Å²) in [5.41, 5.74) is 5.81. The van der Waals surface area contributed by atoms with E-state index in [-0.39, 0.29) is 5.82 Å². The van der Waals surface area contributed by atoms with Crippen LogP contribution in [0, 0.1) is 3.57 Å². The largest absolute Gasteiger partial charge is 0.383 e. The van der Waals surface area contributed by atoms with Gasteiger partial charge in [-0.25, -0.2) is 9.37 Å². The molecular formula is C6H6FIN2. The Morgan fingerprint density at radius 2 is 2.40 bits per heavy atom. The molecule has 1 heterocycles. The molecule has 0 aliphatic rings. The van der Waals surface area contributed by atoms with Crippen molar-refractivity contribution in [2.75, 3.05) is 5.73 Å². The molecule has 0 unspecified atom stereocenters. The van der Waals surface area contributed by atoms with Gasteiger partial charge in [0.25, 0.3) is 0 Å². The van der Waals surface area contributed by atoms with Gasteiger partial charge in [0.05, 0.1) is 0 Å². The van der Waals surface area contributed by atoms with E-state index in [1.165, 1.54) is 0 Å². The first-order valence-electron chi connectivity index (χ1n) is 2.70. The highest BCUT2D eigenvalue weighted by Crippen LogP contribution is 2.12. The molecule has 0 amide bonds. The van der Waals surface area contributed by atoms with E-state index < -0.39 is 6.67 Å². The number of aromatic nitrogens is 1. The van der Waals surface area contributed by atoms with Crippen molar-refractivity contribution in [2.45, 2.75) is 6.67 Å². The van der Waals surface area contributed by atoms with Crippen molar-refractivity contribution < 1.29 is 4.39 Å². The maximum absolute atomic E-state index is 12.0. The van der Waals surface area contributed by atoms with E-state index in [4.69, 9.17) is 5.73 Å². The fourth-order valence-electron chi connectivity index (χ4n) is 0.599. The van der Waals surface area contributed by atoms with Crippen LogP contribution in [0.4, 0.5) is 10.2 Å². The quantitative estimate of drug-likeness (QED) is 0.773. The third-order valence-electron chi connectivity index (χ3n) is 1.11. The molecule has 0 atom stereocenters. The molecule has 0 bridgehead atoms. The van der Waals surface area contributed by atoms with Gasteiger partial charge in [0, 0.05) is 15.3 Å². The van der Waals surface area contributed by atoms with Crippen molar-refractivity contribution in [3.63, 3.8) is 0 Å². The van der Waals surface area contributed by atoms with Gasteiger partial charge in [-0.3, -0.25) is 0 Å². The van der Waals surface area contributed by atoms with Gasteiger partial charge in [-0.15, -0.1) is 0 Å². The smallest absolute Gasteiger partial charge is 0.129 e. The Balaban J connectivity index is 3.09. The fraction of sp³-hybridized carbons (Fsp3) is 0.167. The molecule has 4 heteroatoms. The molecule has 0 fully saturated rings. The van der Waals surface area contributed by atoms with E-state index >= 15 is 0 Å². The first-order valence-corrected chi connectivity index (χ1v) is 3.78. The summed E-state index contributed by atoms with van der Waals surface area (Å²) in [5, 5.41) is 0. The molecule has 0 spiro atoms. The van der Waals surface area contributed by atoms with Crippen LogP contribution in [0.1, 0.15) is 5.56 Å². The lowest BCUT2D eigenvalue weighted by Crippen LogP contribution is -1.95. The number of nitrogens with zero attached hydrogens (tertiary/aromatic N) is 1. The van der Waals surface area contributed by atoms with Gasteiger partial charge in [-0.2, -0.15) is 0 Å². The number of anilines is 1. The molecule has 0 aliphatic heterocycles. The van der Waals surface area contributed by atoms with Gasteiger partial charge in [0.15, 0.2) is 0 Å². The molecule has 1 rings (SSSR count). The average Bonchev–Trinajstić information content (AvgIpc) is 1.94. The van der Waals surface area contributed by atoms with Crippen LogP contribution in [0.3, 0.4) is 0 Å². The summed E-state index contributed by atoms with van der Waals surface area (Å²) < 4.78 is 12.9. The SMILES string of the molecule is Nc1ncc(I)cc1CF. The maximum atomic E-state index is 12.0. The molecule has 0 radical (unpaired) electrons. The third kappa shape index (κ3) is 1.56. The van der Waals surface area contributed by atoms with Crippen LogP contribution in [0.15, 0.2) is 12.3 Å². The molecule has 2 nitrogen and oxygen atoms in total. The molecule has 1 aromatic heterocycles. The van der Waals surface area contributed by atoms with Gasteiger partial charge in [0.2, 0.25) is 0 Å². The van der Waals surface area contributed by atoms with Crippen molar-refractivity contribution in [1.29, 1.82) is 0 Å². The molecule has 0 saturated heterocycles. The van der Waals surface area contributed by atoms with Crippen molar-refractivity contribution in [3.05, 3.63) is 21.4 Å². The van der Waals surface area contributed by atoms with Crippen molar-refractivity contribution >= 4 is 28.4 Å². The zero-order valence-corrected chi connectivity index (χ0v) is 7.30. The lowest BCUT2D eigenvalue weighted by Gasteiger charge is -1.98. The Morgan fingerprint density at radius 3 is 2.90 bits per heavy atom. The molecular weight excluding hydrogens is 246 g/mol. The van der Waals surface area contributed by atoms with Crippen LogP contribution in [0.25, 0.3) is 0 Å². The van der Waals surface area contributed by atoms with E-state index in [1.54, 1.807) is 12.3 Å². The van der Waals surface area contributed by atoms with Crippen LogP contribution in [-0.4, -0.2) is 4.98 Å². The van der Waals surface area contributed by atoms with E-state index in [0.29, 0.717) is 5.56 Å². The second-order valence-corrected chi connectivity index (χ2v) is 3.08. The third-order valence-corrected chi connectivity index (χ3v) is 1.70. The van der Waals surface area contributed by atoms with E-state index in [1.807, 2.05) is 0 Å². The first kappa shape index (κ1) is 7.71. The molecule has 54 valence electrons. The highest BCUT2D eigenvalue weighted by Gasteiger charge is 1.98. The van der Waals surface area contributed by atoms with Gasteiger partial charge in [0.1, 0.15) is 12.5 Å². The van der Waals surface area contributed by atoms with Gasteiger partial charge in [-0.05, 0) is 28.7 Å². The summed E-state index contributed by atoms with van der Waals surface area (Å²) in [6, 6.07) is 1.68. The lowest BCUT2D eigenvalue weighted by atomic mass is 10.3. The Labute approximate surface area is 71.8 Å². The molecule has 0 aliphatic carbocycles. The average molecular weight is 252 g/mol. The molecule has 10 heavy (non-hydrogen) atoms. The number of hydrogen-bond donors (Lipinski definition) is 1. The van der Waals surface area contributed by atoms with Crippen molar-refractivity contribution in [3.8, 4) is 0 Å². The second-order valence-electron chi connectivity index (χ2n) is 1.83. The Kier molecular flexibility index (Phi) is 2.42. The molecule has 2 N–H and O–H groups in total. The first-order chi connectivity index (χ1) is 4.74. The van der Waals surface area contributed by atoms with Crippen LogP contribution in [0.2, 0.25) is 0 Å². The topological polar surface area (TPSA) is 38.9 Å². The number of nitrogen functional groups attached to an aromatic ring is 1. The maximum Gasteiger partial charge on any atom is 0.129 e. The van der Waals surface area contributed by atoms with E-state index in [9.17, 15) is 4.39 Å². The molecule has 1 aromatic rings. The minimum absolute atomic E-state index is 0.280. The normalized spacial score (nSPS) is 9.80. The minimum Gasteiger partial charge on any atom is -0.383 e. The van der Waals surface area contributed by atoms with Crippen LogP contribution in [-0.2, 0) is 6.67 Å². The van der Waals surface area contributed by atoms with E-state index in [0.717, 1.165) is 3.57 Å². The molecule has 0 saturated carbocycles. The molecule has 0 aromatic carbocycles. The zero-order valence-electron chi connectivity index (χ0n) is 5.14. The zero-order chi connectivity index (χ0) is 7.56. The van der Waals surface area contributed by atoms with Gasteiger partial charge >= 0.3 is 0 Å². The number of hydrogen-bond acceptors (Lipinski definition) is 2. The van der Waals surface area contributed by atoms with Crippen LogP contribution < -0.4 is 5.73 Å². The number of alkyl halides is 1. The summed E-state index contributed by atoms with van der Waals surface area (Å²) in [6.45, 7) is -0.546. The van der Waals surface area contributed by atoms with Gasteiger partial charge < -0.3 is 5.73 Å².